The molecule has 6 nitrogen and oxygen atoms in total. The fraction of sp³-hybridized carbons (Fsp3) is 0.591. The number of guanidine groups is 1. The Hall–Kier alpha value is -2.37. The van der Waals surface area contributed by atoms with Crippen LogP contribution in [0.1, 0.15) is 68.6 Å². The summed E-state index contributed by atoms with van der Waals surface area (Å²) in [4.78, 5) is 4.71. The first-order valence-electron chi connectivity index (χ1n) is 10.7. The molecule has 1 aliphatic carbocycles. The molecule has 3 rings (SSSR count). The first-order valence-corrected chi connectivity index (χ1v) is 10.7. The lowest BCUT2D eigenvalue weighted by atomic mass is 9.89. The molecule has 1 aromatic heterocycles. The fourth-order valence-corrected chi connectivity index (χ4v) is 3.72. The van der Waals surface area contributed by atoms with E-state index in [-0.39, 0.29) is 6.04 Å². The summed E-state index contributed by atoms with van der Waals surface area (Å²) >= 11 is 0. The van der Waals surface area contributed by atoms with E-state index in [4.69, 9.17) is 4.99 Å². The van der Waals surface area contributed by atoms with E-state index in [0.717, 1.165) is 44.3 Å². The van der Waals surface area contributed by atoms with Gasteiger partial charge < -0.3 is 15.2 Å². The van der Waals surface area contributed by atoms with E-state index in [1.807, 2.05) is 0 Å². The van der Waals surface area contributed by atoms with Crippen molar-refractivity contribution in [3.05, 3.63) is 47.0 Å². The normalized spacial score (nSPS) is 15.2. The zero-order valence-electron chi connectivity index (χ0n) is 17.5. The van der Waals surface area contributed by atoms with Gasteiger partial charge in [0.15, 0.2) is 5.96 Å². The minimum Gasteiger partial charge on any atom is -0.355 e. The minimum absolute atomic E-state index is 0.219. The summed E-state index contributed by atoms with van der Waals surface area (Å²) in [5, 5.41) is 15.2. The third-order valence-electron chi connectivity index (χ3n) is 5.38. The number of aryl methyl sites for hydroxylation is 3. The molecule has 28 heavy (non-hydrogen) atoms. The molecule has 0 spiro atoms. The summed E-state index contributed by atoms with van der Waals surface area (Å²) in [6, 6.07) is 7.19. The number of fused-ring (bicyclic) bond motifs is 1. The van der Waals surface area contributed by atoms with E-state index in [2.05, 4.69) is 64.4 Å². The molecule has 1 atom stereocenters. The van der Waals surface area contributed by atoms with E-state index in [0.29, 0.717) is 0 Å². The van der Waals surface area contributed by atoms with Gasteiger partial charge in [0.2, 0.25) is 0 Å². The molecule has 1 unspecified atom stereocenters. The highest BCUT2D eigenvalue weighted by molar-refractivity contribution is 5.80. The number of nitrogens with one attached hydrogen (secondary N) is 2. The molecule has 1 aliphatic rings. The summed E-state index contributed by atoms with van der Waals surface area (Å²) in [6.07, 6.45) is 8.80. The van der Waals surface area contributed by atoms with Crippen LogP contribution in [0.3, 0.4) is 0 Å². The van der Waals surface area contributed by atoms with Crippen molar-refractivity contribution in [1.29, 1.82) is 0 Å². The van der Waals surface area contributed by atoms with Crippen LogP contribution in [0, 0.1) is 0 Å². The standard InChI is InChI=1S/C22H34N6/c1-4-12-23-22(24-13-14-28-16-25-27-21(28)5-2)26-17(3)19-11-10-18-8-6-7-9-20(18)15-19/h10-11,15-17H,4-9,12-14H2,1-3H3,(H2,23,24,26). The first-order chi connectivity index (χ1) is 13.7. The molecule has 0 radical (unpaired) electrons. The molecule has 1 aromatic carbocycles. The SMILES string of the molecule is CCCN=C(NCCn1cnnc1CC)NC(C)c1ccc2c(c1)CCCC2. The van der Waals surface area contributed by atoms with Crippen molar-refractivity contribution >= 4 is 5.96 Å². The van der Waals surface area contributed by atoms with Gasteiger partial charge in [0.25, 0.3) is 0 Å². The first kappa shape index (κ1) is 20.4. The Morgan fingerprint density at radius 1 is 1.21 bits per heavy atom. The van der Waals surface area contributed by atoms with Gasteiger partial charge in [0.1, 0.15) is 12.2 Å². The van der Waals surface area contributed by atoms with E-state index in [9.17, 15) is 0 Å². The van der Waals surface area contributed by atoms with Crippen molar-refractivity contribution in [1.82, 2.24) is 25.4 Å². The van der Waals surface area contributed by atoms with Crippen LogP contribution in [0.15, 0.2) is 29.5 Å². The maximum Gasteiger partial charge on any atom is 0.191 e. The van der Waals surface area contributed by atoms with Crippen molar-refractivity contribution in [2.24, 2.45) is 4.99 Å². The number of rotatable bonds is 8. The maximum atomic E-state index is 4.71. The molecule has 0 saturated heterocycles. The van der Waals surface area contributed by atoms with Crippen molar-refractivity contribution in [3.8, 4) is 0 Å². The van der Waals surface area contributed by atoms with E-state index < -0.39 is 0 Å². The highest BCUT2D eigenvalue weighted by Gasteiger charge is 2.13. The average molecular weight is 383 g/mol. The van der Waals surface area contributed by atoms with Gasteiger partial charge in [0.05, 0.1) is 6.04 Å². The van der Waals surface area contributed by atoms with Gasteiger partial charge in [-0.1, -0.05) is 32.0 Å². The van der Waals surface area contributed by atoms with E-state index in [1.54, 1.807) is 6.33 Å². The molecule has 6 heteroatoms. The molecule has 0 amide bonds. The second-order valence-corrected chi connectivity index (χ2v) is 7.55. The minimum atomic E-state index is 0.219. The zero-order chi connectivity index (χ0) is 19.8. The van der Waals surface area contributed by atoms with Gasteiger partial charge in [-0.05, 0) is 55.7 Å². The lowest BCUT2D eigenvalue weighted by Gasteiger charge is -2.22. The third-order valence-corrected chi connectivity index (χ3v) is 5.38. The molecule has 0 aliphatic heterocycles. The summed E-state index contributed by atoms with van der Waals surface area (Å²) < 4.78 is 2.09. The van der Waals surface area contributed by atoms with Gasteiger partial charge >= 0.3 is 0 Å². The number of aromatic nitrogens is 3. The predicted octanol–water partition coefficient (Wildman–Crippen LogP) is 3.43. The zero-order valence-corrected chi connectivity index (χ0v) is 17.5. The molecule has 2 N–H and O–H groups in total. The Labute approximate surface area is 168 Å². The predicted molar refractivity (Wildman–Crippen MR) is 115 cm³/mol. The van der Waals surface area contributed by atoms with Crippen LogP contribution < -0.4 is 10.6 Å². The second-order valence-electron chi connectivity index (χ2n) is 7.55. The van der Waals surface area contributed by atoms with Crippen LogP contribution in [0.2, 0.25) is 0 Å². The topological polar surface area (TPSA) is 67.1 Å². The molecule has 0 saturated carbocycles. The van der Waals surface area contributed by atoms with Crippen molar-refractivity contribution in [3.63, 3.8) is 0 Å². The van der Waals surface area contributed by atoms with Gasteiger partial charge in [-0.15, -0.1) is 10.2 Å². The van der Waals surface area contributed by atoms with Crippen molar-refractivity contribution in [2.75, 3.05) is 13.1 Å². The van der Waals surface area contributed by atoms with Gasteiger partial charge in [-0.3, -0.25) is 4.99 Å². The summed E-state index contributed by atoms with van der Waals surface area (Å²) in [5.74, 6) is 1.89. The van der Waals surface area contributed by atoms with Crippen LogP contribution in [0.4, 0.5) is 0 Å². The van der Waals surface area contributed by atoms with Gasteiger partial charge in [-0.2, -0.15) is 0 Å². The van der Waals surface area contributed by atoms with Crippen LogP contribution in [-0.2, 0) is 25.8 Å². The third kappa shape index (κ3) is 5.33. The van der Waals surface area contributed by atoms with E-state index in [1.165, 1.54) is 42.4 Å². The fourth-order valence-electron chi connectivity index (χ4n) is 3.72. The molecule has 1 heterocycles. The number of hydrogen-bond donors (Lipinski definition) is 2. The smallest absolute Gasteiger partial charge is 0.191 e. The van der Waals surface area contributed by atoms with Gasteiger partial charge in [-0.25, -0.2) is 0 Å². The monoisotopic (exact) mass is 382 g/mol. The van der Waals surface area contributed by atoms with E-state index >= 15 is 0 Å². The van der Waals surface area contributed by atoms with Crippen LogP contribution in [0.5, 0.6) is 0 Å². The Bertz CT molecular complexity index is 779. The van der Waals surface area contributed by atoms with Gasteiger partial charge in [0, 0.05) is 26.1 Å². The second kappa shape index (κ2) is 10.2. The van der Waals surface area contributed by atoms with Crippen LogP contribution in [-0.4, -0.2) is 33.8 Å². The summed E-state index contributed by atoms with van der Waals surface area (Å²) in [6.45, 7) is 8.90. The molecular formula is C22H34N6. The molecule has 0 fully saturated rings. The highest BCUT2D eigenvalue weighted by atomic mass is 15.3. The van der Waals surface area contributed by atoms with Crippen LogP contribution in [0.25, 0.3) is 0 Å². The molecule has 0 bridgehead atoms. The Morgan fingerprint density at radius 2 is 2.04 bits per heavy atom. The molecular weight excluding hydrogens is 348 g/mol. The molecule has 152 valence electrons. The number of aliphatic imine (C=N–C) groups is 1. The average Bonchev–Trinajstić information content (AvgIpc) is 3.19. The highest BCUT2D eigenvalue weighted by Crippen LogP contribution is 2.24. The van der Waals surface area contributed by atoms with Crippen LogP contribution >= 0.6 is 0 Å². The lowest BCUT2D eigenvalue weighted by Crippen LogP contribution is -2.40. The lowest BCUT2D eigenvalue weighted by molar-refractivity contribution is 0.617. The van der Waals surface area contributed by atoms with Crippen molar-refractivity contribution in [2.45, 2.75) is 71.9 Å². The summed E-state index contributed by atoms with van der Waals surface area (Å²) in [5.41, 5.74) is 4.39. The molecule has 2 aromatic rings. The Balaban J connectivity index is 1.60. The van der Waals surface area contributed by atoms with Crippen molar-refractivity contribution < 1.29 is 0 Å². The number of nitrogens with zero attached hydrogens (tertiary/aromatic N) is 4. The number of hydrogen-bond acceptors (Lipinski definition) is 3. The summed E-state index contributed by atoms with van der Waals surface area (Å²) in [7, 11) is 0. The maximum absolute atomic E-state index is 4.71. The largest absolute Gasteiger partial charge is 0.355 e. The Kier molecular flexibility index (Phi) is 7.46. The number of benzene rings is 1. The quantitative estimate of drug-likeness (QED) is 0.542. The Morgan fingerprint density at radius 3 is 2.82 bits per heavy atom.